The van der Waals surface area contributed by atoms with E-state index in [-0.39, 0.29) is 18.3 Å². The molecule has 1 amide bonds. The third-order valence-electron chi connectivity index (χ3n) is 4.62. The molecule has 1 fully saturated rings. The number of nitrogens with one attached hydrogen (secondary N) is 2. The van der Waals surface area contributed by atoms with Crippen molar-refractivity contribution in [1.29, 1.82) is 0 Å². The molecule has 0 aliphatic carbocycles. The monoisotopic (exact) mass is 409 g/mol. The first-order chi connectivity index (χ1) is 13.2. The van der Waals surface area contributed by atoms with Crippen LogP contribution in [0.1, 0.15) is 29.0 Å². The third kappa shape index (κ3) is 5.92. The average molecular weight is 410 g/mol. The van der Waals surface area contributed by atoms with Crippen LogP contribution in [0, 0.1) is 12.8 Å². The van der Waals surface area contributed by atoms with Crippen molar-refractivity contribution >= 4 is 18.3 Å². The molecule has 0 radical (unpaired) electrons. The van der Waals surface area contributed by atoms with E-state index in [0.29, 0.717) is 37.1 Å². The van der Waals surface area contributed by atoms with Gasteiger partial charge in [-0.2, -0.15) is 9.90 Å². The number of hydrogen-bond acceptors (Lipinski definition) is 6. The Hall–Kier alpha value is -2.16. The molecular weight excluding hydrogens is 382 g/mol. The number of rotatable bonds is 9. The van der Waals surface area contributed by atoms with Gasteiger partial charge in [-0.05, 0) is 63.0 Å². The van der Waals surface area contributed by atoms with Crippen molar-refractivity contribution in [1.82, 2.24) is 25.6 Å². The molecule has 1 aromatic carbocycles. The molecular formula is C19H28ClN5O3. The van der Waals surface area contributed by atoms with E-state index in [0.717, 1.165) is 30.9 Å². The second-order valence-corrected chi connectivity index (χ2v) is 6.66. The number of ether oxygens (including phenoxy) is 2. The number of halogens is 1. The van der Waals surface area contributed by atoms with Crippen LogP contribution in [0.15, 0.2) is 24.3 Å². The van der Waals surface area contributed by atoms with Gasteiger partial charge in [-0.3, -0.25) is 4.79 Å². The third-order valence-corrected chi connectivity index (χ3v) is 4.62. The van der Waals surface area contributed by atoms with Gasteiger partial charge in [-0.25, -0.2) is 0 Å². The lowest BCUT2D eigenvalue weighted by Gasteiger charge is -2.08. The minimum atomic E-state index is -0.177. The largest absolute Gasteiger partial charge is 0.491 e. The molecule has 9 heteroatoms. The summed E-state index contributed by atoms with van der Waals surface area (Å²) in [5.41, 5.74) is 1.74. The predicted octanol–water partition coefficient (Wildman–Crippen LogP) is 1.75. The highest BCUT2D eigenvalue weighted by Crippen LogP contribution is 2.15. The number of carbonyl (C=O) groups is 1. The average Bonchev–Trinajstić information content (AvgIpc) is 3.32. The standard InChI is InChI=1S/C19H27N5O3.ClH/c1-14-18(19(25)21-10-8-15-7-9-20-13-15)23-24(22-14)16-3-5-17(6-4-16)27-12-11-26-2;/h3-6,15,20H,7-13H2,1-2H3,(H,21,25);1H. The van der Waals surface area contributed by atoms with Crippen molar-refractivity contribution < 1.29 is 14.3 Å². The molecule has 2 N–H and O–H groups in total. The molecule has 3 rings (SSSR count). The van der Waals surface area contributed by atoms with Crippen molar-refractivity contribution in [3.63, 3.8) is 0 Å². The smallest absolute Gasteiger partial charge is 0.273 e. The van der Waals surface area contributed by atoms with Gasteiger partial charge in [0.2, 0.25) is 0 Å². The second kappa shape index (κ2) is 11.0. The van der Waals surface area contributed by atoms with Crippen molar-refractivity contribution in [2.45, 2.75) is 19.8 Å². The Labute approximate surface area is 171 Å². The molecule has 28 heavy (non-hydrogen) atoms. The van der Waals surface area contributed by atoms with Crippen LogP contribution in [0.4, 0.5) is 0 Å². The second-order valence-electron chi connectivity index (χ2n) is 6.66. The molecule has 8 nitrogen and oxygen atoms in total. The lowest BCUT2D eigenvalue weighted by atomic mass is 10.1. The van der Waals surface area contributed by atoms with Crippen molar-refractivity contribution in [3.8, 4) is 11.4 Å². The maximum absolute atomic E-state index is 12.4. The molecule has 2 aromatic rings. The maximum atomic E-state index is 12.4. The Morgan fingerprint density at radius 1 is 1.29 bits per heavy atom. The van der Waals surface area contributed by atoms with Crippen LogP contribution in [-0.2, 0) is 4.74 Å². The molecule has 1 saturated heterocycles. The fraction of sp³-hybridized carbons (Fsp3) is 0.526. The van der Waals surface area contributed by atoms with Gasteiger partial charge in [-0.1, -0.05) is 0 Å². The molecule has 1 aliphatic heterocycles. The summed E-state index contributed by atoms with van der Waals surface area (Å²) in [6, 6.07) is 7.41. The van der Waals surface area contributed by atoms with E-state index in [1.165, 1.54) is 11.2 Å². The summed E-state index contributed by atoms with van der Waals surface area (Å²) in [4.78, 5) is 13.9. The summed E-state index contributed by atoms with van der Waals surface area (Å²) in [6.45, 7) is 5.60. The first kappa shape index (κ1) is 22.1. The summed E-state index contributed by atoms with van der Waals surface area (Å²) in [5, 5.41) is 15.0. The molecule has 0 bridgehead atoms. The minimum absolute atomic E-state index is 0. The van der Waals surface area contributed by atoms with Gasteiger partial charge in [-0.15, -0.1) is 17.5 Å². The van der Waals surface area contributed by atoms with E-state index in [9.17, 15) is 4.79 Å². The van der Waals surface area contributed by atoms with Crippen molar-refractivity contribution in [2.24, 2.45) is 5.92 Å². The molecule has 1 unspecified atom stereocenters. The van der Waals surface area contributed by atoms with E-state index >= 15 is 0 Å². The Morgan fingerprint density at radius 3 is 2.75 bits per heavy atom. The molecule has 1 aliphatic rings. The quantitative estimate of drug-likeness (QED) is 0.613. The number of nitrogens with zero attached hydrogens (tertiary/aromatic N) is 3. The lowest BCUT2D eigenvalue weighted by Crippen LogP contribution is -2.27. The molecule has 1 atom stereocenters. The van der Waals surface area contributed by atoms with Crippen LogP contribution in [0.2, 0.25) is 0 Å². The number of aryl methyl sites for hydroxylation is 1. The van der Waals surface area contributed by atoms with Gasteiger partial charge in [0.25, 0.3) is 5.91 Å². The molecule has 2 heterocycles. The van der Waals surface area contributed by atoms with Gasteiger partial charge in [0.15, 0.2) is 5.69 Å². The fourth-order valence-electron chi connectivity index (χ4n) is 3.06. The number of amides is 1. The number of methoxy groups -OCH3 is 1. The summed E-state index contributed by atoms with van der Waals surface area (Å²) in [6.07, 6.45) is 2.16. The van der Waals surface area contributed by atoms with Crippen LogP contribution in [0.5, 0.6) is 5.75 Å². The van der Waals surface area contributed by atoms with Crippen LogP contribution < -0.4 is 15.4 Å². The van der Waals surface area contributed by atoms with Crippen molar-refractivity contribution in [3.05, 3.63) is 35.7 Å². The Balaban J connectivity index is 0.00000280. The topological polar surface area (TPSA) is 90.3 Å². The number of carbonyl (C=O) groups excluding carboxylic acids is 1. The first-order valence-corrected chi connectivity index (χ1v) is 9.32. The van der Waals surface area contributed by atoms with Gasteiger partial charge in [0, 0.05) is 13.7 Å². The zero-order valence-corrected chi connectivity index (χ0v) is 17.1. The van der Waals surface area contributed by atoms with Gasteiger partial charge in [0.1, 0.15) is 12.4 Å². The predicted molar refractivity (Wildman–Crippen MR) is 109 cm³/mol. The van der Waals surface area contributed by atoms with E-state index in [1.807, 2.05) is 24.3 Å². The van der Waals surface area contributed by atoms with Crippen LogP contribution in [0.3, 0.4) is 0 Å². The summed E-state index contributed by atoms with van der Waals surface area (Å²) >= 11 is 0. The van der Waals surface area contributed by atoms with Gasteiger partial charge in [0.05, 0.1) is 18.0 Å². The highest BCUT2D eigenvalue weighted by molar-refractivity contribution is 5.93. The Bertz CT molecular complexity index is 745. The molecule has 0 saturated carbocycles. The number of benzene rings is 1. The Morgan fingerprint density at radius 2 is 2.07 bits per heavy atom. The van der Waals surface area contributed by atoms with E-state index in [4.69, 9.17) is 9.47 Å². The normalized spacial score (nSPS) is 15.9. The van der Waals surface area contributed by atoms with Crippen LogP contribution >= 0.6 is 12.4 Å². The number of aromatic nitrogens is 3. The van der Waals surface area contributed by atoms with Crippen molar-refractivity contribution in [2.75, 3.05) is 40.0 Å². The minimum Gasteiger partial charge on any atom is -0.491 e. The summed E-state index contributed by atoms with van der Waals surface area (Å²) in [7, 11) is 1.64. The molecule has 154 valence electrons. The highest BCUT2D eigenvalue weighted by Gasteiger charge is 2.18. The van der Waals surface area contributed by atoms with Gasteiger partial charge < -0.3 is 20.1 Å². The maximum Gasteiger partial charge on any atom is 0.273 e. The zero-order chi connectivity index (χ0) is 19.1. The lowest BCUT2D eigenvalue weighted by molar-refractivity contribution is 0.0945. The van der Waals surface area contributed by atoms with E-state index in [2.05, 4.69) is 20.8 Å². The summed E-state index contributed by atoms with van der Waals surface area (Å²) < 4.78 is 10.5. The first-order valence-electron chi connectivity index (χ1n) is 9.32. The molecule has 0 spiro atoms. The molecule has 1 aromatic heterocycles. The van der Waals surface area contributed by atoms with Crippen LogP contribution in [-0.4, -0.2) is 60.9 Å². The van der Waals surface area contributed by atoms with Gasteiger partial charge >= 0.3 is 0 Å². The fourth-order valence-corrected chi connectivity index (χ4v) is 3.06. The Kier molecular flexibility index (Phi) is 8.69. The van der Waals surface area contributed by atoms with E-state index in [1.54, 1.807) is 14.0 Å². The van der Waals surface area contributed by atoms with Crippen LogP contribution in [0.25, 0.3) is 5.69 Å². The highest BCUT2D eigenvalue weighted by atomic mass is 35.5. The van der Waals surface area contributed by atoms with E-state index < -0.39 is 0 Å². The zero-order valence-electron chi connectivity index (χ0n) is 16.3. The summed E-state index contributed by atoms with van der Waals surface area (Å²) in [5.74, 6) is 1.22. The number of hydrogen-bond donors (Lipinski definition) is 2. The SMILES string of the molecule is COCCOc1ccc(-n2nc(C)c(C(=O)NCCC3CCNC3)n2)cc1.Cl.